The van der Waals surface area contributed by atoms with E-state index in [2.05, 4.69) is 15.4 Å². The van der Waals surface area contributed by atoms with Gasteiger partial charge in [0.2, 0.25) is 5.91 Å². The summed E-state index contributed by atoms with van der Waals surface area (Å²) in [6.07, 6.45) is 0.750. The van der Waals surface area contributed by atoms with Gasteiger partial charge in [-0.25, -0.2) is 8.42 Å². The van der Waals surface area contributed by atoms with Crippen LogP contribution in [-0.4, -0.2) is 33.4 Å². The number of carbonyl (C=O) groups is 2. The largest absolute Gasteiger partial charge is 0.495 e. The number of benzene rings is 2. The summed E-state index contributed by atoms with van der Waals surface area (Å²) in [4.78, 5) is 23.7. The summed E-state index contributed by atoms with van der Waals surface area (Å²) < 4.78 is 33.4. The number of methoxy groups -OCH3 is 1. The van der Waals surface area contributed by atoms with Crippen molar-refractivity contribution < 1.29 is 22.7 Å². The molecule has 3 N–H and O–H groups in total. The third-order valence-corrected chi connectivity index (χ3v) is 5.56. The highest BCUT2D eigenvalue weighted by atomic mass is 32.2. The van der Waals surface area contributed by atoms with Crippen LogP contribution in [0.5, 0.6) is 5.75 Å². The number of para-hydroxylation sites is 1. The second kappa shape index (κ2) is 9.42. The van der Waals surface area contributed by atoms with E-state index in [1.807, 2.05) is 13.8 Å². The molecule has 8 nitrogen and oxygen atoms in total. The van der Waals surface area contributed by atoms with E-state index in [0.717, 1.165) is 6.42 Å². The molecule has 0 aliphatic heterocycles. The standard InChI is InChI=1S/C20H25N3O5S/c1-5-13(2)21-20(25)16-8-6-7-9-17(16)23-29(26,27)15-10-11-18(22-14(3)24)19(12-15)28-4/h6-13,23H,5H2,1-4H3,(H,21,25)(H,22,24)/t13-/m1/s1. The van der Waals surface area contributed by atoms with Crippen LogP contribution in [0.1, 0.15) is 37.6 Å². The molecule has 0 saturated heterocycles. The monoisotopic (exact) mass is 419 g/mol. The molecule has 2 amide bonds. The van der Waals surface area contributed by atoms with E-state index in [-0.39, 0.29) is 39.8 Å². The Bertz CT molecular complexity index is 1000. The summed E-state index contributed by atoms with van der Waals surface area (Å²) in [5.74, 6) is -0.472. The number of sulfonamides is 1. The van der Waals surface area contributed by atoms with Crippen LogP contribution in [0.4, 0.5) is 11.4 Å². The normalized spacial score (nSPS) is 12.0. The Morgan fingerprint density at radius 3 is 2.41 bits per heavy atom. The van der Waals surface area contributed by atoms with Gasteiger partial charge in [-0.1, -0.05) is 19.1 Å². The quantitative estimate of drug-likeness (QED) is 0.609. The summed E-state index contributed by atoms with van der Waals surface area (Å²) in [6, 6.07) is 10.4. The number of anilines is 2. The molecule has 156 valence electrons. The summed E-state index contributed by atoms with van der Waals surface area (Å²) >= 11 is 0. The van der Waals surface area contributed by atoms with Gasteiger partial charge in [0.05, 0.1) is 28.9 Å². The number of hydrogen-bond donors (Lipinski definition) is 3. The van der Waals surface area contributed by atoms with Crippen molar-refractivity contribution in [2.24, 2.45) is 0 Å². The van der Waals surface area contributed by atoms with Crippen LogP contribution in [0.25, 0.3) is 0 Å². The van der Waals surface area contributed by atoms with E-state index >= 15 is 0 Å². The van der Waals surface area contributed by atoms with E-state index < -0.39 is 10.0 Å². The van der Waals surface area contributed by atoms with Gasteiger partial charge in [0.25, 0.3) is 15.9 Å². The maximum atomic E-state index is 12.9. The van der Waals surface area contributed by atoms with E-state index in [1.165, 1.54) is 38.3 Å². The lowest BCUT2D eigenvalue weighted by Crippen LogP contribution is -2.32. The Balaban J connectivity index is 2.35. The molecule has 2 rings (SSSR count). The van der Waals surface area contributed by atoms with Crippen molar-refractivity contribution in [3.63, 3.8) is 0 Å². The first-order chi connectivity index (χ1) is 13.7. The number of carbonyl (C=O) groups excluding carboxylic acids is 2. The van der Waals surface area contributed by atoms with Gasteiger partial charge in [0.15, 0.2) is 0 Å². The Morgan fingerprint density at radius 2 is 1.79 bits per heavy atom. The summed E-state index contributed by atoms with van der Waals surface area (Å²) in [7, 11) is -2.63. The molecule has 0 fully saturated rings. The molecular weight excluding hydrogens is 394 g/mol. The summed E-state index contributed by atoms with van der Waals surface area (Å²) in [5, 5.41) is 5.39. The zero-order valence-corrected chi connectivity index (χ0v) is 17.6. The average Bonchev–Trinajstić information content (AvgIpc) is 2.67. The number of hydrogen-bond acceptors (Lipinski definition) is 5. The third kappa shape index (κ3) is 5.71. The molecule has 2 aromatic rings. The van der Waals surface area contributed by atoms with Crippen LogP contribution in [0, 0.1) is 0 Å². The third-order valence-electron chi connectivity index (χ3n) is 4.20. The predicted octanol–water partition coefficient (Wildman–Crippen LogP) is 2.98. The lowest BCUT2D eigenvalue weighted by atomic mass is 10.1. The molecule has 0 radical (unpaired) electrons. The Kier molecular flexibility index (Phi) is 7.22. The van der Waals surface area contributed by atoms with Gasteiger partial charge in [-0.05, 0) is 37.6 Å². The summed E-state index contributed by atoms with van der Waals surface area (Å²) in [6.45, 7) is 5.15. The van der Waals surface area contributed by atoms with Gasteiger partial charge in [-0.3, -0.25) is 14.3 Å². The van der Waals surface area contributed by atoms with Crippen LogP contribution in [0.15, 0.2) is 47.4 Å². The van der Waals surface area contributed by atoms with Gasteiger partial charge in [0.1, 0.15) is 5.75 Å². The molecule has 9 heteroatoms. The van der Waals surface area contributed by atoms with Gasteiger partial charge < -0.3 is 15.4 Å². The van der Waals surface area contributed by atoms with Crippen molar-refractivity contribution in [1.82, 2.24) is 5.32 Å². The number of ether oxygens (including phenoxy) is 1. The number of nitrogens with one attached hydrogen (secondary N) is 3. The second-order valence-electron chi connectivity index (χ2n) is 6.48. The lowest BCUT2D eigenvalue weighted by molar-refractivity contribution is -0.114. The Hall–Kier alpha value is -3.07. The second-order valence-corrected chi connectivity index (χ2v) is 8.16. The molecule has 2 aromatic carbocycles. The fourth-order valence-corrected chi connectivity index (χ4v) is 3.60. The van der Waals surface area contributed by atoms with Crippen LogP contribution < -0.4 is 20.1 Å². The molecule has 0 aliphatic rings. The minimum atomic E-state index is -4.00. The molecule has 0 spiro atoms. The van der Waals surface area contributed by atoms with Crippen LogP contribution >= 0.6 is 0 Å². The molecular formula is C20H25N3O5S. The highest BCUT2D eigenvalue weighted by Gasteiger charge is 2.21. The maximum absolute atomic E-state index is 12.9. The smallest absolute Gasteiger partial charge is 0.262 e. The zero-order chi connectivity index (χ0) is 21.6. The predicted molar refractivity (Wildman–Crippen MR) is 112 cm³/mol. The molecule has 29 heavy (non-hydrogen) atoms. The Morgan fingerprint density at radius 1 is 1.10 bits per heavy atom. The highest BCUT2D eigenvalue weighted by molar-refractivity contribution is 7.92. The number of amides is 2. The van der Waals surface area contributed by atoms with E-state index in [4.69, 9.17) is 4.74 Å². The van der Waals surface area contributed by atoms with Gasteiger partial charge in [-0.15, -0.1) is 0 Å². The van der Waals surface area contributed by atoms with Crippen molar-refractivity contribution in [3.05, 3.63) is 48.0 Å². The maximum Gasteiger partial charge on any atom is 0.262 e. The van der Waals surface area contributed by atoms with Crippen LogP contribution in [0.2, 0.25) is 0 Å². The lowest BCUT2D eigenvalue weighted by Gasteiger charge is -2.16. The first-order valence-electron chi connectivity index (χ1n) is 9.06. The zero-order valence-electron chi connectivity index (χ0n) is 16.8. The highest BCUT2D eigenvalue weighted by Crippen LogP contribution is 2.29. The van der Waals surface area contributed by atoms with Crippen molar-refractivity contribution in [1.29, 1.82) is 0 Å². The molecule has 0 heterocycles. The fraction of sp³-hybridized carbons (Fsp3) is 0.300. The van der Waals surface area contributed by atoms with Crippen molar-refractivity contribution in [2.75, 3.05) is 17.1 Å². The van der Waals surface area contributed by atoms with Gasteiger partial charge >= 0.3 is 0 Å². The van der Waals surface area contributed by atoms with Gasteiger partial charge in [-0.2, -0.15) is 0 Å². The van der Waals surface area contributed by atoms with Crippen molar-refractivity contribution in [3.8, 4) is 5.75 Å². The minimum absolute atomic E-state index is 0.0438. The molecule has 1 atom stereocenters. The van der Waals surface area contributed by atoms with Crippen molar-refractivity contribution in [2.45, 2.75) is 38.1 Å². The fourth-order valence-electron chi connectivity index (χ4n) is 2.51. The van der Waals surface area contributed by atoms with Crippen LogP contribution in [0.3, 0.4) is 0 Å². The van der Waals surface area contributed by atoms with E-state index in [0.29, 0.717) is 5.69 Å². The first kappa shape index (κ1) is 22.2. The topological polar surface area (TPSA) is 114 Å². The van der Waals surface area contributed by atoms with E-state index in [9.17, 15) is 18.0 Å². The number of rotatable bonds is 8. The molecule has 0 aromatic heterocycles. The molecule has 0 aliphatic carbocycles. The molecule has 0 bridgehead atoms. The van der Waals surface area contributed by atoms with Crippen LogP contribution in [-0.2, 0) is 14.8 Å². The average molecular weight is 420 g/mol. The molecule has 0 unspecified atom stereocenters. The Labute approximate surface area is 170 Å². The molecule has 0 saturated carbocycles. The SMILES string of the molecule is CC[C@@H](C)NC(=O)c1ccccc1NS(=O)(=O)c1ccc(NC(C)=O)c(OC)c1. The van der Waals surface area contributed by atoms with Crippen molar-refractivity contribution >= 4 is 33.2 Å². The minimum Gasteiger partial charge on any atom is -0.495 e. The van der Waals surface area contributed by atoms with E-state index in [1.54, 1.807) is 18.2 Å². The first-order valence-corrected chi connectivity index (χ1v) is 10.5. The van der Waals surface area contributed by atoms with Gasteiger partial charge in [0, 0.05) is 19.0 Å². The summed E-state index contributed by atoms with van der Waals surface area (Å²) in [5.41, 5.74) is 0.740.